The third-order valence-corrected chi connectivity index (χ3v) is 6.62. The minimum atomic E-state index is -0.680. The third-order valence-electron chi connectivity index (χ3n) is 6.62. The van der Waals surface area contributed by atoms with Gasteiger partial charge in [-0.25, -0.2) is 4.90 Å². The average molecular weight is 423 g/mol. The molecule has 2 unspecified atom stereocenters. The standard InChI is InChI=1S/C22H38N4O4/c1-14(2)17-12-18(20(28)13-19(17)27)21(23)26(22(24)29-3)16-6-4-15(5-7-16)25-8-10-30-11-9-25/h12-16,21-22,27-28H,4-11,23-24H2,1-3H3. The van der Waals surface area contributed by atoms with Crippen LogP contribution in [-0.4, -0.2) is 71.9 Å². The SMILES string of the molecule is COC(N)N(C1CCC(N2CCOCC2)CC1)C(N)c1cc(C(C)C)c(O)cc1O. The predicted octanol–water partition coefficient (Wildman–Crippen LogP) is 2.01. The largest absolute Gasteiger partial charge is 0.508 e. The van der Waals surface area contributed by atoms with Crippen LogP contribution in [0.4, 0.5) is 0 Å². The fourth-order valence-corrected chi connectivity index (χ4v) is 4.85. The van der Waals surface area contributed by atoms with Crippen LogP contribution < -0.4 is 11.5 Å². The lowest BCUT2D eigenvalue weighted by molar-refractivity contribution is -0.0893. The van der Waals surface area contributed by atoms with E-state index in [0.29, 0.717) is 11.6 Å². The molecule has 0 spiro atoms. The maximum absolute atomic E-state index is 10.5. The second-order valence-corrected chi connectivity index (χ2v) is 8.75. The molecule has 30 heavy (non-hydrogen) atoms. The monoisotopic (exact) mass is 422 g/mol. The Labute approximate surface area is 179 Å². The Morgan fingerprint density at radius 2 is 1.63 bits per heavy atom. The first-order chi connectivity index (χ1) is 14.3. The van der Waals surface area contributed by atoms with Crippen LogP contribution in [0.25, 0.3) is 0 Å². The van der Waals surface area contributed by atoms with Gasteiger partial charge in [0.2, 0.25) is 0 Å². The van der Waals surface area contributed by atoms with Crippen molar-refractivity contribution in [3.8, 4) is 11.5 Å². The molecule has 170 valence electrons. The lowest BCUT2D eigenvalue weighted by Gasteiger charge is -2.45. The van der Waals surface area contributed by atoms with Crippen molar-refractivity contribution in [3.05, 3.63) is 23.3 Å². The van der Waals surface area contributed by atoms with E-state index < -0.39 is 12.5 Å². The molecular weight excluding hydrogens is 384 g/mol. The van der Waals surface area contributed by atoms with Crippen molar-refractivity contribution in [1.82, 2.24) is 9.80 Å². The van der Waals surface area contributed by atoms with Gasteiger partial charge in [-0.2, -0.15) is 0 Å². The van der Waals surface area contributed by atoms with Crippen LogP contribution in [0.15, 0.2) is 12.1 Å². The molecule has 0 amide bonds. The van der Waals surface area contributed by atoms with Crippen molar-refractivity contribution in [2.24, 2.45) is 11.5 Å². The minimum Gasteiger partial charge on any atom is -0.508 e. The van der Waals surface area contributed by atoms with Gasteiger partial charge in [-0.3, -0.25) is 10.6 Å². The smallest absolute Gasteiger partial charge is 0.164 e. The third kappa shape index (κ3) is 5.07. The zero-order valence-corrected chi connectivity index (χ0v) is 18.5. The van der Waals surface area contributed by atoms with Crippen molar-refractivity contribution >= 4 is 0 Å². The summed E-state index contributed by atoms with van der Waals surface area (Å²) in [7, 11) is 1.57. The Hall–Kier alpha value is -1.42. The van der Waals surface area contributed by atoms with Gasteiger partial charge >= 0.3 is 0 Å². The molecule has 1 saturated heterocycles. The Morgan fingerprint density at radius 1 is 1.03 bits per heavy atom. The number of hydrogen-bond donors (Lipinski definition) is 4. The number of aromatic hydroxyl groups is 2. The molecule has 2 aliphatic rings. The van der Waals surface area contributed by atoms with Crippen molar-refractivity contribution < 1.29 is 19.7 Å². The van der Waals surface area contributed by atoms with Crippen LogP contribution in [0, 0.1) is 0 Å². The summed E-state index contributed by atoms with van der Waals surface area (Å²) in [4.78, 5) is 4.49. The van der Waals surface area contributed by atoms with Gasteiger partial charge in [0, 0.05) is 43.9 Å². The Bertz CT molecular complexity index is 688. The predicted molar refractivity (Wildman–Crippen MR) is 116 cm³/mol. The normalized spacial score (nSPS) is 25.6. The molecule has 1 aromatic rings. The minimum absolute atomic E-state index is 0.0281. The van der Waals surface area contributed by atoms with E-state index in [-0.39, 0.29) is 23.5 Å². The first-order valence-electron chi connectivity index (χ1n) is 11.0. The molecule has 1 saturated carbocycles. The number of methoxy groups -OCH3 is 1. The molecular formula is C22H38N4O4. The molecule has 0 aromatic heterocycles. The average Bonchev–Trinajstić information content (AvgIpc) is 2.74. The quantitative estimate of drug-likeness (QED) is 0.493. The highest BCUT2D eigenvalue weighted by molar-refractivity contribution is 5.47. The van der Waals surface area contributed by atoms with Crippen LogP contribution in [0.5, 0.6) is 11.5 Å². The summed E-state index contributed by atoms with van der Waals surface area (Å²) < 4.78 is 10.9. The summed E-state index contributed by atoms with van der Waals surface area (Å²) >= 11 is 0. The molecule has 2 fully saturated rings. The number of ether oxygens (including phenoxy) is 2. The summed E-state index contributed by atoms with van der Waals surface area (Å²) in [5.41, 5.74) is 14.3. The van der Waals surface area contributed by atoms with E-state index in [9.17, 15) is 10.2 Å². The molecule has 8 heteroatoms. The van der Waals surface area contributed by atoms with Gasteiger partial charge in [-0.1, -0.05) is 13.8 Å². The first kappa shape index (κ1) is 23.2. The van der Waals surface area contributed by atoms with Gasteiger partial charge < -0.3 is 25.4 Å². The molecule has 0 bridgehead atoms. The fraction of sp³-hybridized carbons (Fsp3) is 0.727. The number of nitrogens with zero attached hydrogens (tertiary/aromatic N) is 2. The Balaban J connectivity index is 1.77. The Morgan fingerprint density at radius 3 is 2.20 bits per heavy atom. The van der Waals surface area contributed by atoms with Crippen LogP contribution in [0.3, 0.4) is 0 Å². The van der Waals surface area contributed by atoms with Crippen molar-refractivity contribution in [2.45, 2.75) is 70.0 Å². The first-order valence-corrected chi connectivity index (χ1v) is 11.0. The van der Waals surface area contributed by atoms with E-state index in [0.717, 1.165) is 57.6 Å². The van der Waals surface area contributed by atoms with Gasteiger partial charge in [0.25, 0.3) is 0 Å². The van der Waals surface area contributed by atoms with Crippen LogP contribution >= 0.6 is 0 Å². The lowest BCUT2D eigenvalue weighted by atomic mass is 9.88. The summed E-state index contributed by atoms with van der Waals surface area (Å²) in [6.07, 6.45) is 2.75. The molecule has 1 aliphatic heterocycles. The van der Waals surface area contributed by atoms with Crippen LogP contribution in [0.2, 0.25) is 0 Å². The van der Waals surface area contributed by atoms with E-state index in [1.54, 1.807) is 13.2 Å². The molecule has 2 atom stereocenters. The lowest BCUT2D eigenvalue weighted by Crippen LogP contribution is -2.55. The Kier molecular flexibility index (Phi) is 7.95. The zero-order valence-electron chi connectivity index (χ0n) is 18.5. The van der Waals surface area contributed by atoms with Gasteiger partial charge in [0.1, 0.15) is 11.5 Å². The van der Waals surface area contributed by atoms with Crippen LogP contribution in [0.1, 0.15) is 62.7 Å². The van der Waals surface area contributed by atoms with Crippen molar-refractivity contribution in [2.75, 3.05) is 33.4 Å². The van der Waals surface area contributed by atoms with E-state index in [2.05, 4.69) is 4.90 Å². The molecule has 8 nitrogen and oxygen atoms in total. The number of nitrogens with two attached hydrogens (primary N) is 2. The summed E-state index contributed by atoms with van der Waals surface area (Å²) in [6, 6.07) is 3.88. The van der Waals surface area contributed by atoms with Crippen molar-refractivity contribution in [3.63, 3.8) is 0 Å². The number of benzene rings is 1. The number of morpholine rings is 1. The van der Waals surface area contributed by atoms with Crippen LogP contribution in [-0.2, 0) is 9.47 Å². The van der Waals surface area contributed by atoms with E-state index in [1.165, 1.54) is 6.07 Å². The number of hydrogen-bond acceptors (Lipinski definition) is 8. The molecule has 1 aromatic carbocycles. The molecule has 3 rings (SSSR count). The van der Waals surface area contributed by atoms with Gasteiger partial charge in [-0.15, -0.1) is 0 Å². The molecule has 6 N–H and O–H groups in total. The summed E-state index contributed by atoms with van der Waals surface area (Å²) in [5, 5.41) is 20.7. The highest BCUT2D eigenvalue weighted by atomic mass is 16.5. The van der Waals surface area contributed by atoms with Crippen molar-refractivity contribution in [1.29, 1.82) is 0 Å². The van der Waals surface area contributed by atoms with E-state index >= 15 is 0 Å². The highest BCUT2D eigenvalue weighted by Gasteiger charge is 2.36. The van der Waals surface area contributed by atoms with E-state index in [4.69, 9.17) is 20.9 Å². The number of phenolic OH excluding ortho intramolecular Hbond substituents is 2. The maximum Gasteiger partial charge on any atom is 0.164 e. The number of phenols is 2. The van der Waals surface area contributed by atoms with Gasteiger partial charge in [0.05, 0.1) is 19.4 Å². The molecule has 1 aliphatic carbocycles. The summed E-state index contributed by atoms with van der Waals surface area (Å²) in [6.45, 7) is 7.60. The highest BCUT2D eigenvalue weighted by Crippen LogP contribution is 2.38. The zero-order chi connectivity index (χ0) is 21.8. The molecule has 1 heterocycles. The maximum atomic E-state index is 10.5. The second kappa shape index (κ2) is 10.3. The second-order valence-electron chi connectivity index (χ2n) is 8.75. The summed E-state index contributed by atoms with van der Waals surface area (Å²) in [5.74, 6) is 0.150. The van der Waals surface area contributed by atoms with E-state index in [1.807, 2.05) is 18.7 Å². The topological polar surface area (TPSA) is 117 Å². The fourth-order valence-electron chi connectivity index (χ4n) is 4.85. The van der Waals surface area contributed by atoms with Gasteiger partial charge in [0.15, 0.2) is 6.35 Å². The molecule has 0 radical (unpaired) electrons. The van der Waals surface area contributed by atoms with Gasteiger partial charge in [-0.05, 0) is 43.2 Å². The number of rotatable bonds is 7.